The Labute approximate surface area is 428 Å². The average molecular weight is 1020 g/mol. The highest BCUT2D eigenvalue weighted by Gasteiger charge is 2.49. The molecular formula is C57H77F3N6O7. The van der Waals surface area contributed by atoms with Gasteiger partial charge in [-0.15, -0.1) is 0 Å². The van der Waals surface area contributed by atoms with Crippen LogP contribution in [0.3, 0.4) is 0 Å². The molecule has 0 unspecified atom stereocenters. The molecule has 2 saturated heterocycles. The van der Waals surface area contributed by atoms with Gasteiger partial charge < -0.3 is 24.8 Å². The lowest BCUT2D eigenvalue weighted by atomic mass is 9.67. The Hall–Kier alpha value is -5.45. The Balaban J connectivity index is 0.937. The number of imidazole rings is 1. The van der Waals surface area contributed by atoms with Gasteiger partial charge in [-0.3, -0.25) is 33.3 Å². The van der Waals surface area contributed by atoms with Crippen LogP contribution >= 0.6 is 0 Å². The van der Waals surface area contributed by atoms with Crippen molar-refractivity contribution in [2.75, 3.05) is 59.5 Å². The van der Waals surface area contributed by atoms with Crippen molar-refractivity contribution in [1.29, 1.82) is 0 Å². The number of primary amides is 1. The molecule has 0 saturated carbocycles. The van der Waals surface area contributed by atoms with Crippen LogP contribution in [-0.2, 0) is 38.1 Å². The number of nitrogens with two attached hydrogens (primary N) is 1. The first kappa shape index (κ1) is 55.3. The Morgan fingerprint density at radius 3 is 2.21 bits per heavy atom. The van der Waals surface area contributed by atoms with Gasteiger partial charge in [0.1, 0.15) is 17.4 Å². The average Bonchev–Trinajstić information content (AvgIpc) is 3.57. The molecule has 398 valence electrons. The minimum atomic E-state index is -4.35. The summed E-state index contributed by atoms with van der Waals surface area (Å²) in [5.74, 6) is -0.138. The number of halogens is 3. The quantitative estimate of drug-likeness (QED) is 0.0966. The number of hydrogen-bond acceptors (Lipinski definition) is 9. The second kappa shape index (κ2) is 22.2. The van der Waals surface area contributed by atoms with E-state index in [4.69, 9.17) is 19.9 Å². The van der Waals surface area contributed by atoms with E-state index in [-0.39, 0.29) is 36.3 Å². The summed E-state index contributed by atoms with van der Waals surface area (Å²) in [6.45, 7) is 16.9. The molecule has 2 N–H and O–H groups in total. The number of rotatable bonds is 18. The summed E-state index contributed by atoms with van der Waals surface area (Å²) in [4.78, 5) is 58.6. The molecule has 2 fully saturated rings. The summed E-state index contributed by atoms with van der Waals surface area (Å²) < 4.78 is 62.9. The van der Waals surface area contributed by atoms with Crippen LogP contribution in [0.2, 0.25) is 0 Å². The Kier molecular flexibility index (Phi) is 16.8. The third kappa shape index (κ3) is 13.5. The monoisotopic (exact) mass is 1010 g/mol. The maximum Gasteiger partial charge on any atom is 0.395 e. The van der Waals surface area contributed by atoms with E-state index in [9.17, 15) is 32.3 Å². The molecule has 2 aliphatic heterocycles. The van der Waals surface area contributed by atoms with Gasteiger partial charge in [0.05, 0.1) is 29.2 Å². The van der Waals surface area contributed by atoms with Gasteiger partial charge in [-0.25, -0.2) is 4.79 Å². The number of aromatic nitrogens is 2. The fourth-order valence-electron chi connectivity index (χ4n) is 11.2. The van der Waals surface area contributed by atoms with Gasteiger partial charge in [-0.1, -0.05) is 42.5 Å². The minimum absolute atomic E-state index is 0.00863. The van der Waals surface area contributed by atoms with E-state index >= 15 is 0 Å². The molecule has 1 aliphatic carbocycles. The van der Waals surface area contributed by atoms with Crippen LogP contribution in [0.5, 0.6) is 5.75 Å². The van der Waals surface area contributed by atoms with E-state index in [0.717, 1.165) is 74.2 Å². The van der Waals surface area contributed by atoms with Crippen LogP contribution < -0.4 is 16.2 Å². The van der Waals surface area contributed by atoms with Crippen molar-refractivity contribution in [2.45, 2.75) is 135 Å². The molecule has 0 bridgehead atoms. The molecular weight excluding hydrogens is 938 g/mol. The van der Waals surface area contributed by atoms with Gasteiger partial charge >= 0.3 is 17.8 Å². The van der Waals surface area contributed by atoms with E-state index < -0.39 is 40.8 Å². The maximum absolute atomic E-state index is 14.4. The lowest BCUT2D eigenvalue weighted by Gasteiger charge is -2.46. The van der Waals surface area contributed by atoms with Gasteiger partial charge in [-0.05, 0) is 158 Å². The van der Waals surface area contributed by atoms with Crippen LogP contribution in [0.1, 0.15) is 133 Å². The molecule has 0 radical (unpaired) electrons. The number of piperazine rings is 1. The predicted octanol–water partition coefficient (Wildman–Crippen LogP) is 9.45. The van der Waals surface area contributed by atoms with Crippen LogP contribution in [0.15, 0.2) is 77.6 Å². The largest absolute Gasteiger partial charge is 0.497 e. The number of allylic oxidation sites excluding steroid dienone is 2. The molecule has 0 spiro atoms. The van der Waals surface area contributed by atoms with Crippen LogP contribution in [0, 0.1) is 11.3 Å². The zero-order chi connectivity index (χ0) is 53.1. The number of esters is 1. The minimum Gasteiger partial charge on any atom is -0.497 e. The third-order valence-corrected chi connectivity index (χ3v) is 15.3. The standard InChI is InChI=1S/C57H77F3N6O7/c1-53(2,3)73-49(67)25-24-47(50(61)68)66-46-23-18-43(34-48(46)62(8)52(66)70)51(69)65-31-29-63(30-32-65)35-39-10-14-41(15-11-39)42-16-12-40(13-17-42)36-64(38-54(4,5)57(58,59)60)28-26-56(27-33-72-55(6,7)37-56)44-19-21-45(71-9)22-20-44/h12-14,16-23,34,39,47H,10-11,15,24-33,35-38H2,1-9H3,(H2,61,68)/t39-,47+,56+/m0/s1. The highest BCUT2D eigenvalue weighted by Crippen LogP contribution is 2.45. The van der Waals surface area contributed by atoms with Gasteiger partial charge in [0.15, 0.2) is 0 Å². The number of hydrogen-bond donors (Lipinski definition) is 1. The molecule has 3 aliphatic rings. The Morgan fingerprint density at radius 2 is 1.62 bits per heavy atom. The first-order chi connectivity index (χ1) is 34.3. The summed E-state index contributed by atoms with van der Waals surface area (Å²) in [5.41, 5.74) is 7.98. The zero-order valence-electron chi connectivity index (χ0n) is 44.4. The molecule has 7 rings (SSSR count). The molecule has 73 heavy (non-hydrogen) atoms. The van der Waals surface area contributed by atoms with E-state index in [2.05, 4.69) is 61.2 Å². The molecule has 2 amide bonds. The number of fused-ring (bicyclic) bond motifs is 1. The topological polar surface area (TPSA) is 142 Å². The van der Waals surface area contributed by atoms with Crippen molar-refractivity contribution in [1.82, 2.24) is 23.8 Å². The first-order valence-corrected chi connectivity index (χ1v) is 25.9. The van der Waals surface area contributed by atoms with Gasteiger partial charge in [0.25, 0.3) is 5.91 Å². The fraction of sp³-hybridized carbons (Fsp3) is 0.579. The number of benzene rings is 3. The maximum atomic E-state index is 14.4. The Bertz CT molecular complexity index is 2680. The smallest absolute Gasteiger partial charge is 0.395 e. The summed E-state index contributed by atoms with van der Waals surface area (Å²) in [6.07, 6.45) is 3.01. The second-order valence-corrected chi connectivity index (χ2v) is 23.0. The number of carbonyl (C=O) groups excluding carboxylic acids is 3. The summed E-state index contributed by atoms with van der Waals surface area (Å²) in [7, 11) is 3.22. The van der Waals surface area contributed by atoms with E-state index in [1.807, 2.05) is 21.9 Å². The number of carbonyl (C=O) groups is 3. The van der Waals surface area contributed by atoms with Crippen molar-refractivity contribution in [2.24, 2.45) is 24.1 Å². The third-order valence-electron chi connectivity index (χ3n) is 15.3. The van der Waals surface area contributed by atoms with Crippen molar-refractivity contribution >= 4 is 34.4 Å². The van der Waals surface area contributed by atoms with Gasteiger partial charge in [0.2, 0.25) is 5.91 Å². The summed E-state index contributed by atoms with van der Waals surface area (Å²) in [5, 5.41) is 0. The van der Waals surface area contributed by atoms with Crippen molar-refractivity contribution in [3.05, 3.63) is 106 Å². The lowest BCUT2D eigenvalue weighted by Crippen LogP contribution is -2.49. The molecule has 3 aromatic carbocycles. The molecule has 13 nitrogen and oxygen atoms in total. The van der Waals surface area contributed by atoms with Crippen molar-refractivity contribution < 1.29 is 41.8 Å². The highest BCUT2D eigenvalue weighted by molar-refractivity contribution is 5.98. The normalized spacial score (nSPS) is 20.5. The van der Waals surface area contributed by atoms with Gasteiger partial charge in [0, 0.05) is 76.9 Å². The second-order valence-electron chi connectivity index (χ2n) is 23.0. The van der Waals surface area contributed by atoms with Crippen LogP contribution in [0.25, 0.3) is 16.6 Å². The summed E-state index contributed by atoms with van der Waals surface area (Å²) >= 11 is 0. The van der Waals surface area contributed by atoms with E-state index in [0.29, 0.717) is 61.7 Å². The SMILES string of the molecule is COc1ccc([C@]2(CCN(Cc3ccc(C4=CC[C@H](CN5CCN(C(=O)c6ccc7c(c6)n(C)c(=O)n7[C@H](CCC(=O)OC(C)(C)C)C(N)=O)CC5)CC4)cc3)CC(C)(C)C(F)(F)F)CCOC(C)(C)C2)cc1. The number of alkyl halides is 3. The number of amides is 2. The number of ether oxygens (including phenoxy) is 3. The number of aryl methyl sites for hydroxylation is 1. The molecule has 4 aromatic rings. The molecule has 1 aromatic heterocycles. The van der Waals surface area contributed by atoms with Crippen LogP contribution in [0.4, 0.5) is 13.2 Å². The first-order valence-electron chi connectivity index (χ1n) is 25.9. The van der Waals surface area contributed by atoms with Gasteiger partial charge in [-0.2, -0.15) is 13.2 Å². The zero-order valence-corrected chi connectivity index (χ0v) is 44.4. The number of methoxy groups -OCH3 is 1. The molecule has 3 heterocycles. The fourth-order valence-corrected chi connectivity index (χ4v) is 11.2. The van der Waals surface area contributed by atoms with E-state index in [1.165, 1.54) is 28.6 Å². The van der Waals surface area contributed by atoms with Crippen molar-refractivity contribution in [3.63, 3.8) is 0 Å². The number of nitrogens with zero attached hydrogens (tertiary/aromatic N) is 5. The highest BCUT2D eigenvalue weighted by atomic mass is 19.4. The molecule has 3 atom stereocenters. The Morgan fingerprint density at radius 1 is 0.932 bits per heavy atom. The van der Waals surface area contributed by atoms with Crippen LogP contribution in [-0.4, -0.2) is 119 Å². The predicted molar refractivity (Wildman–Crippen MR) is 278 cm³/mol. The van der Waals surface area contributed by atoms with Crippen molar-refractivity contribution in [3.8, 4) is 5.75 Å². The van der Waals surface area contributed by atoms with E-state index in [1.54, 1.807) is 53.1 Å². The molecule has 16 heteroatoms. The summed E-state index contributed by atoms with van der Waals surface area (Å²) in [6, 6.07) is 20.4. The lowest BCUT2D eigenvalue weighted by molar-refractivity contribution is -0.217.